The SMILES string of the molecule is CCNC(=O)c1ccc(C)c(NC(=O)C(=O)NC(C)c2ccc3c(c2)CCC(=O)N3)c1. The molecule has 3 rings (SSSR count). The van der Waals surface area contributed by atoms with Crippen LogP contribution in [0.1, 0.15) is 53.4 Å². The number of aryl methyl sites for hydroxylation is 2. The van der Waals surface area contributed by atoms with Gasteiger partial charge < -0.3 is 21.3 Å². The van der Waals surface area contributed by atoms with Crippen LogP contribution >= 0.6 is 0 Å². The molecule has 4 N–H and O–H groups in total. The monoisotopic (exact) mass is 422 g/mol. The molecular weight excluding hydrogens is 396 g/mol. The molecular formula is C23H26N4O4. The zero-order valence-electron chi connectivity index (χ0n) is 17.8. The van der Waals surface area contributed by atoms with Crippen molar-refractivity contribution >= 4 is 35.0 Å². The molecule has 0 bridgehead atoms. The maximum absolute atomic E-state index is 12.4. The third-order valence-corrected chi connectivity index (χ3v) is 5.16. The van der Waals surface area contributed by atoms with E-state index in [1.165, 1.54) is 0 Å². The topological polar surface area (TPSA) is 116 Å². The highest BCUT2D eigenvalue weighted by Gasteiger charge is 2.20. The lowest BCUT2D eigenvalue weighted by molar-refractivity contribution is -0.136. The molecule has 1 aliphatic heterocycles. The lowest BCUT2D eigenvalue weighted by Gasteiger charge is -2.20. The summed E-state index contributed by atoms with van der Waals surface area (Å²) in [5, 5.41) is 10.8. The van der Waals surface area contributed by atoms with Gasteiger partial charge >= 0.3 is 11.8 Å². The lowest BCUT2D eigenvalue weighted by atomic mass is 9.98. The van der Waals surface area contributed by atoms with Gasteiger partial charge in [0.2, 0.25) is 5.91 Å². The standard InChI is InChI=1S/C23H26N4O4/c1-4-24-21(29)17-6-5-13(2)19(12-17)27-23(31)22(30)25-14(3)15-7-9-18-16(11-15)8-10-20(28)26-18/h5-7,9,11-12,14H,4,8,10H2,1-3H3,(H,24,29)(H,25,30)(H,26,28)(H,27,31). The largest absolute Gasteiger partial charge is 0.352 e. The minimum atomic E-state index is -0.812. The van der Waals surface area contributed by atoms with E-state index in [1.807, 2.05) is 19.1 Å². The first-order valence-corrected chi connectivity index (χ1v) is 10.2. The molecule has 2 aromatic carbocycles. The van der Waals surface area contributed by atoms with Gasteiger partial charge in [0, 0.05) is 29.9 Å². The Morgan fingerprint density at radius 2 is 1.84 bits per heavy atom. The fourth-order valence-corrected chi connectivity index (χ4v) is 3.36. The van der Waals surface area contributed by atoms with Crippen molar-refractivity contribution in [3.63, 3.8) is 0 Å². The number of anilines is 2. The lowest BCUT2D eigenvalue weighted by Crippen LogP contribution is -2.37. The predicted octanol–water partition coefficient (Wildman–Crippen LogP) is 2.45. The van der Waals surface area contributed by atoms with E-state index in [1.54, 1.807) is 38.1 Å². The van der Waals surface area contributed by atoms with Crippen molar-refractivity contribution in [2.24, 2.45) is 0 Å². The Kier molecular flexibility index (Phi) is 6.69. The molecule has 0 saturated carbocycles. The van der Waals surface area contributed by atoms with Gasteiger partial charge in [0.05, 0.1) is 6.04 Å². The van der Waals surface area contributed by atoms with E-state index < -0.39 is 17.9 Å². The van der Waals surface area contributed by atoms with E-state index in [4.69, 9.17) is 0 Å². The summed E-state index contributed by atoms with van der Waals surface area (Å²) in [6.07, 6.45) is 1.06. The van der Waals surface area contributed by atoms with Crippen molar-refractivity contribution in [3.05, 3.63) is 58.7 Å². The van der Waals surface area contributed by atoms with Crippen LogP contribution in [0.3, 0.4) is 0 Å². The Morgan fingerprint density at radius 3 is 2.58 bits per heavy atom. The number of nitrogens with one attached hydrogen (secondary N) is 4. The zero-order chi connectivity index (χ0) is 22.5. The number of benzene rings is 2. The molecule has 0 fully saturated rings. The summed E-state index contributed by atoms with van der Waals surface area (Å²) in [4.78, 5) is 48.4. The number of fused-ring (bicyclic) bond motifs is 1. The summed E-state index contributed by atoms with van der Waals surface area (Å²) in [5.41, 5.74) is 4.15. The van der Waals surface area contributed by atoms with Crippen molar-refractivity contribution < 1.29 is 19.2 Å². The molecule has 0 saturated heterocycles. The molecule has 0 aromatic heterocycles. The summed E-state index contributed by atoms with van der Waals surface area (Å²) in [5.74, 6) is -1.85. The van der Waals surface area contributed by atoms with Gasteiger partial charge in [-0.05, 0) is 62.1 Å². The number of hydrogen-bond acceptors (Lipinski definition) is 4. The first-order valence-electron chi connectivity index (χ1n) is 10.2. The number of hydrogen-bond donors (Lipinski definition) is 4. The first-order chi connectivity index (χ1) is 14.8. The van der Waals surface area contributed by atoms with Crippen LogP contribution in [-0.2, 0) is 20.8 Å². The van der Waals surface area contributed by atoms with Crippen molar-refractivity contribution in [3.8, 4) is 0 Å². The van der Waals surface area contributed by atoms with E-state index >= 15 is 0 Å². The molecule has 0 radical (unpaired) electrons. The molecule has 8 heteroatoms. The van der Waals surface area contributed by atoms with Gasteiger partial charge in [0.25, 0.3) is 5.91 Å². The highest BCUT2D eigenvalue weighted by Crippen LogP contribution is 2.26. The Balaban J connectivity index is 1.66. The van der Waals surface area contributed by atoms with Crippen molar-refractivity contribution in [1.29, 1.82) is 0 Å². The second-order valence-corrected chi connectivity index (χ2v) is 7.50. The summed E-state index contributed by atoms with van der Waals surface area (Å²) in [6.45, 7) is 5.88. The van der Waals surface area contributed by atoms with Crippen LogP contribution in [0.25, 0.3) is 0 Å². The maximum atomic E-state index is 12.4. The Labute approximate surface area is 180 Å². The number of rotatable bonds is 5. The zero-order valence-corrected chi connectivity index (χ0v) is 17.8. The Morgan fingerprint density at radius 1 is 1.06 bits per heavy atom. The van der Waals surface area contributed by atoms with Crippen LogP contribution in [0.15, 0.2) is 36.4 Å². The highest BCUT2D eigenvalue weighted by atomic mass is 16.2. The number of carbonyl (C=O) groups excluding carboxylic acids is 4. The highest BCUT2D eigenvalue weighted by molar-refractivity contribution is 6.39. The Hall–Kier alpha value is -3.68. The molecule has 4 amide bonds. The summed E-state index contributed by atoms with van der Waals surface area (Å²) < 4.78 is 0. The van der Waals surface area contributed by atoms with E-state index in [-0.39, 0.29) is 11.8 Å². The molecule has 8 nitrogen and oxygen atoms in total. The van der Waals surface area contributed by atoms with Crippen LogP contribution in [0.2, 0.25) is 0 Å². The summed E-state index contributed by atoms with van der Waals surface area (Å²) >= 11 is 0. The van der Waals surface area contributed by atoms with Crippen LogP contribution < -0.4 is 21.3 Å². The minimum absolute atomic E-state index is 0.00943. The molecule has 0 spiro atoms. The molecule has 1 unspecified atom stereocenters. The summed E-state index contributed by atoms with van der Waals surface area (Å²) in [6, 6.07) is 10.1. The Bertz CT molecular complexity index is 1050. The van der Waals surface area contributed by atoms with Gasteiger partial charge in [0.15, 0.2) is 0 Å². The third kappa shape index (κ3) is 5.28. The van der Waals surface area contributed by atoms with Gasteiger partial charge in [-0.3, -0.25) is 19.2 Å². The van der Waals surface area contributed by atoms with Crippen molar-refractivity contribution in [2.45, 2.75) is 39.7 Å². The normalized spacial score (nSPS) is 13.5. The second kappa shape index (κ2) is 9.42. The fraction of sp³-hybridized carbons (Fsp3) is 0.304. The van der Waals surface area contributed by atoms with Crippen molar-refractivity contribution in [2.75, 3.05) is 17.2 Å². The molecule has 1 atom stereocenters. The first kappa shape index (κ1) is 22.0. The molecule has 31 heavy (non-hydrogen) atoms. The van der Waals surface area contributed by atoms with E-state index in [0.717, 1.165) is 22.4 Å². The second-order valence-electron chi connectivity index (χ2n) is 7.50. The van der Waals surface area contributed by atoms with Crippen LogP contribution in [0.5, 0.6) is 0 Å². The van der Waals surface area contributed by atoms with E-state index in [9.17, 15) is 19.2 Å². The van der Waals surface area contributed by atoms with Gasteiger partial charge in [-0.2, -0.15) is 0 Å². The van der Waals surface area contributed by atoms with E-state index in [2.05, 4.69) is 21.3 Å². The molecule has 1 heterocycles. The number of carbonyl (C=O) groups is 4. The molecule has 0 aliphatic carbocycles. The quantitative estimate of drug-likeness (QED) is 0.554. The molecule has 2 aromatic rings. The average Bonchev–Trinajstić information content (AvgIpc) is 2.74. The minimum Gasteiger partial charge on any atom is -0.352 e. The van der Waals surface area contributed by atoms with Crippen molar-refractivity contribution in [1.82, 2.24) is 10.6 Å². The van der Waals surface area contributed by atoms with Crippen LogP contribution in [0.4, 0.5) is 11.4 Å². The fourth-order valence-electron chi connectivity index (χ4n) is 3.36. The average molecular weight is 422 g/mol. The van der Waals surface area contributed by atoms with Gasteiger partial charge in [-0.25, -0.2) is 0 Å². The summed E-state index contributed by atoms with van der Waals surface area (Å²) in [7, 11) is 0. The third-order valence-electron chi connectivity index (χ3n) is 5.16. The number of amides is 4. The molecule has 1 aliphatic rings. The van der Waals surface area contributed by atoms with E-state index in [0.29, 0.717) is 30.6 Å². The van der Waals surface area contributed by atoms with Crippen LogP contribution in [0, 0.1) is 6.92 Å². The van der Waals surface area contributed by atoms with Gasteiger partial charge in [-0.1, -0.05) is 18.2 Å². The smallest absolute Gasteiger partial charge is 0.313 e. The van der Waals surface area contributed by atoms with Gasteiger partial charge in [0.1, 0.15) is 0 Å². The van der Waals surface area contributed by atoms with Gasteiger partial charge in [-0.15, -0.1) is 0 Å². The maximum Gasteiger partial charge on any atom is 0.313 e. The van der Waals surface area contributed by atoms with Crippen LogP contribution in [-0.4, -0.2) is 30.2 Å². The molecule has 162 valence electrons. The predicted molar refractivity (Wildman–Crippen MR) is 118 cm³/mol.